The Morgan fingerprint density at radius 3 is 2.05 bits per heavy atom. The first-order chi connectivity index (χ1) is 27.3. The molecule has 7 rings (SSSR count). The summed E-state index contributed by atoms with van der Waals surface area (Å²) in [6, 6.07) is 7.63. The van der Waals surface area contributed by atoms with E-state index in [1.807, 2.05) is 46.8 Å². The molecule has 0 bridgehead atoms. The van der Waals surface area contributed by atoms with E-state index in [4.69, 9.17) is 9.90 Å². The number of allylic oxidation sites excluding steroid dienone is 3. The van der Waals surface area contributed by atoms with Crippen LogP contribution < -0.4 is 10.6 Å². The molecule has 1 saturated heterocycles. The van der Waals surface area contributed by atoms with Crippen molar-refractivity contribution in [3.63, 3.8) is 0 Å². The van der Waals surface area contributed by atoms with Gasteiger partial charge in [0.2, 0.25) is 6.41 Å². The zero-order valence-corrected chi connectivity index (χ0v) is 38.7. The van der Waals surface area contributed by atoms with Crippen molar-refractivity contribution in [3.05, 3.63) is 54.1 Å². The highest BCUT2D eigenvalue weighted by atomic mass is 32.2. The largest absolute Gasteiger partial charge is 0.478 e. The molecule has 4 saturated carbocycles. The molecule has 0 spiro atoms. The number of carboxylic acids is 1. The molecule has 326 valence electrons. The minimum absolute atomic E-state index is 0.0659. The quantitative estimate of drug-likeness (QED) is 0.160. The van der Waals surface area contributed by atoms with E-state index in [-0.39, 0.29) is 5.41 Å². The molecule has 1 amide bonds. The van der Waals surface area contributed by atoms with Gasteiger partial charge in [0, 0.05) is 68.2 Å². The van der Waals surface area contributed by atoms with Crippen LogP contribution in [0.4, 0.5) is 0 Å². The normalized spacial score (nSPS) is 33.3. The number of fused-ring (bicyclic) bond motifs is 7. The summed E-state index contributed by atoms with van der Waals surface area (Å²) in [6.45, 7) is 27.8. The van der Waals surface area contributed by atoms with Gasteiger partial charge >= 0.3 is 5.97 Å². The van der Waals surface area contributed by atoms with Crippen LogP contribution in [0, 0.1) is 45.8 Å². The van der Waals surface area contributed by atoms with Crippen molar-refractivity contribution in [3.8, 4) is 0 Å². The number of nitrogens with zero attached hydrogens (tertiary/aromatic N) is 1. The number of aliphatic hydroxyl groups excluding tert-OH is 1. The van der Waals surface area contributed by atoms with Gasteiger partial charge in [-0.25, -0.2) is 4.79 Å². The summed E-state index contributed by atoms with van der Waals surface area (Å²) >= 11 is 0. The molecule has 57 heavy (non-hydrogen) atoms. The van der Waals surface area contributed by atoms with Gasteiger partial charge in [-0.1, -0.05) is 86.1 Å². The van der Waals surface area contributed by atoms with Gasteiger partial charge in [-0.15, -0.1) is 6.58 Å². The van der Waals surface area contributed by atoms with Crippen LogP contribution in [-0.2, 0) is 15.6 Å². The third-order valence-corrected chi connectivity index (χ3v) is 16.1. The Morgan fingerprint density at radius 2 is 1.49 bits per heavy atom. The van der Waals surface area contributed by atoms with E-state index < -0.39 is 16.8 Å². The van der Waals surface area contributed by atoms with Crippen LogP contribution in [0.1, 0.15) is 142 Å². The van der Waals surface area contributed by atoms with E-state index in [1.165, 1.54) is 68.9 Å². The third kappa shape index (κ3) is 11.1. The molecule has 7 unspecified atom stereocenters. The lowest BCUT2D eigenvalue weighted by molar-refractivity contribution is -0.172. The predicted octanol–water partition coefficient (Wildman–Crippen LogP) is 9.47. The van der Waals surface area contributed by atoms with Gasteiger partial charge in [-0.2, -0.15) is 0 Å². The van der Waals surface area contributed by atoms with E-state index in [2.05, 4.69) is 55.9 Å². The molecular formula is C48H83N3O5S. The average molecular weight is 814 g/mol. The molecule has 1 aromatic rings. The Bertz CT molecular complexity index is 1440. The van der Waals surface area contributed by atoms with Crippen molar-refractivity contribution in [2.75, 3.05) is 51.8 Å². The maximum absolute atomic E-state index is 11.8. The maximum atomic E-state index is 11.8. The minimum Gasteiger partial charge on any atom is -0.478 e. The van der Waals surface area contributed by atoms with Crippen LogP contribution in [0.2, 0.25) is 0 Å². The number of benzene rings is 1. The Labute approximate surface area is 351 Å². The van der Waals surface area contributed by atoms with Gasteiger partial charge in [0.25, 0.3) is 0 Å². The lowest BCUT2D eigenvalue weighted by Gasteiger charge is -2.68. The Morgan fingerprint density at radius 1 is 0.895 bits per heavy atom. The second-order valence-corrected chi connectivity index (χ2v) is 19.3. The number of rotatable bonds is 7. The topological polar surface area (TPSA) is 119 Å². The molecule has 8 atom stereocenters. The van der Waals surface area contributed by atoms with E-state index in [1.54, 1.807) is 25.3 Å². The van der Waals surface area contributed by atoms with Crippen LogP contribution in [0.3, 0.4) is 0 Å². The number of nitrogens with one attached hydrogen (secondary N) is 2. The SMILES string of the molecule is C=CC.CC.CC.CC1(C)C(c2ccc(C(=O)O)cc2)=CCC2(C)C1CCC1(C)C3CCC4(NCCN5CCS(=O)CC5)CCC[C@@H]4C3CCC12.CNC=O.CO. The van der Waals surface area contributed by atoms with E-state index in [0.717, 1.165) is 74.9 Å². The number of hydrogen-bond acceptors (Lipinski definition) is 6. The lowest BCUT2D eigenvalue weighted by atomic mass is 9.37. The molecule has 0 aromatic heterocycles. The van der Waals surface area contributed by atoms with Crippen molar-refractivity contribution >= 4 is 28.8 Å². The molecule has 1 aliphatic heterocycles. The first-order valence-corrected chi connectivity index (χ1v) is 23.8. The summed E-state index contributed by atoms with van der Waals surface area (Å²) < 4.78 is 11.8. The highest BCUT2D eigenvalue weighted by Gasteiger charge is 2.65. The monoisotopic (exact) mass is 814 g/mol. The highest BCUT2D eigenvalue weighted by Crippen LogP contribution is 2.72. The predicted molar refractivity (Wildman–Crippen MR) is 242 cm³/mol. The van der Waals surface area contributed by atoms with Gasteiger partial charge in [-0.3, -0.25) is 9.00 Å². The summed E-state index contributed by atoms with van der Waals surface area (Å²) in [5.41, 5.74) is 4.15. The third-order valence-electron chi connectivity index (χ3n) is 14.8. The van der Waals surface area contributed by atoms with Crippen molar-refractivity contribution < 1.29 is 24.0 Å². The second-order valence-electron chi connectivity index (χ2n) is 17.6. The van der Waals surface area contributed by atoms with E-state index in [0.29, 0.717) is 34.3 Å². The fourth-order valence-corrected chi connectivity index (χ4v) is 13.9. The molecular weight excluding hydrogens is 731 g/mol. The van der Waals surface area contributed by atoms with Gasteiger partial charge < -0.3 is 25.7 Å². The van der Waals surface area contributed by atoms with E-state index in [9.17, 15) is 14.1 Å². The molecule has 1 heterocycles. The van der Waals surface area contributed by atoms with Crippen LogP contribution in [0.5, 0.6) is 0 Å². The van der Waals surface area contributed by atoms with Crippen molar-refractivity contribution in [1.29, 1.82) is 0 Å². The molecule has 9 heteroatoms. The molecule has 5 aliphatic carbocycles. The Balaban J connectivity index is 0.000000772. The molecule has 5 fully saturated rings. The fraction of sp³-hybridized carbons (Fsp3) is 0.750. The number of amides is 1. The summed E-state index contributed by atoms with van der Waals surface area (Å²) in [4.78, 5) is 23.1. The number of hydrogen-bond donors (Lipinski definition) is 4. The summed E-state index contributed by atoms with van der Waals surface area (Å²) in [6.07, 6.45) is 18.4. The Hall–Kier alpha value is -2.33. The average Bonchev–Trinajstić information content (AvgIpc) is 3.66. The van der Waals surface area contributed by atoms with Crippen LogP contribution in [0.15, 0.2) is 43.0 Å². The number of aromatic carboxylic acids is 1. The molecule has 6 aliphatic rings. The molecule has 4 N–H and O–H groups in total. The van der Waals surface area contributed by atoms with E-state index >= 15 is 0 Å². The molecule has 1 aromatic carbocycles. The second kappa shape index (κ2) is 23.5. The van der Waals surface area contributed by atoms with Crippen LogP contribution in [0.25, 0.3) is 5.57 Å². The highest BCUT2D eigenvalue weighted by molar-refractivity contribution is 7.85. The summed E-state index contributed by atoms with van der Waals surface area (Å²) in [5, 5.41) is 22.9. The zero-order valence-electron chi connectivity index (χ0n) is 37.9. The molecule has 0 radical (unpaired) electrons. The number of carbonyl (C=O) groups excluding carboxylic acids is 1. The fourth-order valence-electron chi connectivity index (χ4n) is 12.8. The Kier molecular flexibility index (Phi) is 20.9. The van der Waals surface area contributed by atoms with Crippen LogP contribution in [-0.4, -0.2) is 89.1 Å². The number of aliphatic hydroxyl groups is 1. The van der Waals surface area contributed by atoms with Gasteiger partial charge in [-0.05, 0) is 134 Å². The van der Waals surface area contributed by atoms with Crippen LogP contribution >= 0.6 is 0 Å². The first kappa shape index (κ1) is 50.8. The van der Waals surface area contributed by atoms with Gasteiger partial charge in [0.1, 0.15) is 0 Å². The zero-order chi connectivity index (χ0) is 43.0. The minimum atomic E-state index is -0.853. The smallest absolute Gasteiger partial charge is 0.335 e. The lowest BCUT2D eigenvalue weighted by Crippen LogP contribution is -2.63. The molecule has 8 nitrogen and oxygen atoms in total. The van der Waals surface area contributed by atoms with Gasteiger partial charge in [0.15, 0.2) is 0 Å². The van der Waals surface area contributed by atoms with Crippen molar-refractivity contribution in [2.45, 2.75) is 132 Å². The summed E-state index contributed by atoms with van der Waals surface area (Å²) in [5.74, 6) is 4.82. The first-order valence-electron chi connectivity index (χ1n) is 22.3. The van der Waals surface area contributed by atoms with Crippen molar-refractivity contribution in [2.24, 2.45) is 45.8 Å². The van der Waals surface area contributed by atoms with Crippen molar-refractivity contribution in [1.82, 2.24) is 15.5 Å². The number of carboxylic acid groups (broad SMARTS) is 1. The summed E-state index contributed by atoms with van der Waals surface area (Å²) in [7, 11) is 1.97. The van der Waals surface area contributed by atoms with Gasteiger partial charge in [0.05, 0.1) is 5.56 Å². The maximum Gasteiger partial charge on any atom is 0.335 e. The standard InChI is InChI=1S/C38H56N2O3S.C3H6.C2H5NO.2C2H6.CH4O/c1-35(2)29(26-7-9-27(10-8-26)34(41)42)13-17-37(4)32(35)15-18-36(3)30-14-19-38(39-20-21-40-22-24-44(43)25-23-40)16-5-6-31(38)28(30)11-12-33(36)37;1-3-2;1-3-2-4;3*1-2/h7-10,13,28,30-33,39H,5-6,11-12,14-25H2,1-4H3,(H,41,42);3H,1H2,2H3;2H,1H3,(H,3,4);2*1-2H3;2H,1H3/t28?,30?,31-,32?,33?,36?,37?,38?;;;;;/m1...../s1. The number of carbonyl (C=O) groups is 2.